The van der Waals surface area contributed by atoms with E-state index >= 15 is 0 Å². The normalized spacial score (nSPS) is 21.3. The second-order valence-electron chi connectivity index (χ2n) is 5.92. The summed E-state index contributed by atoms with van der Waals surface area (Å²) in [6, 6.07) is 6.45. The molecule has 0 bridgehead atoms. The lowest BCUT2D eigenvalue weighted by Gasteiger charge is -2.39. The van der Waals surface area contributed by atoms with Crippen molar-refractivity contribution in [3.63, 3.8) is 0 Å². The van der Waals surface area contributed by atoms with Crippen LogP contribution in [0.25, 0.3) is 0 Å². The standard InChI is InChI=1S/C16H22BrN5/c1-11(2)20-22-12(3)14-10-13(17)4-5-15(14)19-16(22)21-8-6-18-7-9-21/h4-5,10,12,18H,6-9H2,1-3H3. The molecule has 2 heterocycles. The molecule has 1 aromatic carbocycles. The van der Waals surface area contributed by atoms with Crippen molar-refractivity contribution < 1.29 is 0 Å². The third-order valence-electron chi connectivity index (χ3n) is 3.94. The van der Waals surface area contributed by atoms with Crippen molar-refractivity contribution in [3.8, 4) is 0 Å². The monoisotopic (exact) mass is 363 g/mol. The molecule has 0 saturated carbocycles. The molecular formula is C16H22BrN5. The van der Waals surface area contributed by atoms with Crippen LogP contribution in [0.5, 0.6) is 0 Å². The van der Waals surface area contributed by atoms with E-state index in [1.54, 1.807) is 0 Å². The lowest BCUT2D eigenvalue weighted by molar-refractivity contribution is 0.258. The Bertz CT molecular complexity index is 615. The predicted octanol–water partition coefficient (Wildman–Crippen LogP) is 3.11. The number of nitrogens with one attached hydrogen (secondary N) is 1. The number of hydrazone groups is 1. The van der Waals surface area contributed by atoms with Crippen molar-refractivity contribution in [3.05, 3.63) is 28.2 Å². The van der Waals surface area contributed by atoms with E-state index in [-0.39, 0.29) is 6.04 Å². The molecule has 0 radical (unpaired) electrons. The van der Waals surface area contributed by atoms with E-state index in [2.05, 4.69) is 56.3 Å². The van der Waals surface area contributed by atoms with Crippen LogP contribution in [-0.4, -0.2) is 47.8 Å². The van der Waals surface area contributed by atoms with Crippen molar-refractivity contribution in [1.29, 1.82) is 0 Å². The molecule has 22 heavy (non-hydrogen) atoms. The highest BCUT2D eigenvalue weighted by molar-refractivity contribution is 9.10. The number of halogens is 1. The molecule has 2 aliphatic rings. The number of hydrogen-bond acceptors (Lipinski definition) is 5. The van der Waals surface area contributed by atoms with Gasteiger partial charge in [0.25, 0.3) is 0 Å². The van der Waals surface area contributed by atoms with Crippen molar-refractivity contribution >= 4 is 33.3 Å². The fraction of sp³-hybridized carbons (Fsp3) is 0.500. The summed E-state index contributed by atoms with van der Waals surface area (Å²) in [4.78, 5) is 7.23. The lowest BCUT2D eigenvalue weighted by atomic mass is 10.0. The molecule has 1 unspecified atom stereocenters. The van der Waals surface area contributed by atoms with Crippen LogP contribution in [0.4, 0.5) is 5.69 Å². The third kappa shape index (κ3) is 3.03. The van der Waals surface area contributed by atoms with Crippen LogP contribution < -0.4 is 5.32 Å². The number of piperazine rings is 1. The Morgan fingerprint density at radius 3 is 2.73 bits per heavy atom. The zero-order chi connectivity index (χ0) is 15.7. The Balaban J connectivity index is 2.05. The average Bonchev–Trinajstić information content (AvgIpc) is 2.51. The summed E-state index contributed by atoms with van der Waals surface area (Å²) in [5.41, 5.74) is 3.29. The molecule has 1 aromatic rings. The third-order valence-corrected chi connectivity index (χ3v) is 4.43. The first-order valence-corrected chi connectivity index (χ1v) is 8.50. The summed E-state index contributed by atoms with van der Waals surface area (Å²) in [6.45, 7) is 10.1. The van der Waals surface area contributed by atoms with Gasteiger partial charge in [-0.2, -0.15) is 5.10 Å². The van der Waals surface area contributed by atoms with Gasteiger partial charge in [-0.1, -0.05) is 15.9 Å². The van der Waals surface area contributed by atoms with Gasteiger partial charge in [0.15, 0.2) is 0 Å². The van der Waals surface area contributed by atoms with Gasteiger partial charge in [-0.05, 0) is 39.0 Å². The van der Waals surface area contributed by atoms with Gasteiger partial charge in [0.1, 0.15) is 0 Å². The number of guanidine groups is 1. The highest BCUT2D eigenvalue weighted by Gasteiger charge is 2.31. The molecular weight excluding hydrogens is 342 g/mol. The Kier molecular flexibility index (Phi) is 4.49. The Hall–Kier alpha value is -1.40. The second-order valence-corrected chi connectivity index (χ2v) is 6.84. The smallest absolute Gasteiger partial charge is 0.223 e. The van der Waals surface area contributed by atoms with Crippen LogP contribution in [0.15, 0.2) is 32.8 Å². The first kappa shape index (κ1) is 15.5. The molecule has 3 rings (SSSR count). The second kappa shape index (κ2) is 6.38. The van der Waals surface area contributed by atoms with E-state index in [1.165, 1.54) is 5.56 Å². The van der Waals surface area contributed by atoms with Crippen molar-refractivity contribution in [2.75, 3.05) is 26.2 Å². The van der Waals surface area contributed by atoms with Crippen LogP contribution in [-0.2, 0) is 0 Å². The molecule has 0 aliphatic carbocycles. The zero-order valence-electron chi connectivity index (χ0n) is 13.3. The minimum absolute atomic E-state index is 0.171. The van der Waals surface area contributed by atoms with E-state index in [9.17, 15) is 0 Å². The van der Waals surface area contributed by atoms with E-state index < -0.39 is 0 Å². The summed E-state index contributed by atoms with van der Waals surface area (Å²) in [7, 11) is 0. The Morgan fingerprint density at radius 1 is 1.32 bits per heavy atom. The van der Waals surface area contributed by atoms with Gasteiger partial charge in [-0.15, -0.1) is 0 Å². The topological polar surface area (TPSA) is 43.2 Å². The highest BCUT2D eigenvalue weighted by atomic mass is 79.9. The summed E-state index contributed by atoms with van der Waals surface area (Å²) < 4.78 is 1.08. The molecule has 0 aromatic heterocycles. The minimum atomic E-state index is 0.171. The first-order chi connectivity index (χ1) is 10.6. The number of nitrogens with zero attached hydrogens (tertiary/aromatic N) is 4. The summed E-state index contributed by atoms with van der Waals surface area (Å²) in [6.07, 6.45) is 0. The molecule has 1 N–H and O–H groups in total. The fourth-order valence-electron chi connectivity index (χ4n) is 2.85. The Morgan fingerprint density at radius 2 is 2.05 bits per heavy atom. The minimum Gasteiger partial charge on any atom is -0.338 e. The van der Waals surface area contributed by atoms with Crippen LogP contribution in [0, 0.1) is 0 Å². The van der Waals surface area contributed by atoms with E-state index in [0.29, 0.717) is 0 Å². The molecule has 6 heteroatoms. The SMILES string of the molecule is CC(C)=NN1C(N2CCNCC2)=Nc2ccc(Br)cc2C1C. The van der Waals surface area contributed by atoms with E-state index in [1.807, 2.05) is 13.8 Å². The molecule has 118 valence electrons. The molecule has 1 fully saturated rings. The van der Waals surface area contributed by atoms with Crippen molar-refractivity contribution in [1.82, 2.24) is 15.2 Å². The van der Waals surface area contributed by atoms with Gasteiger partial charge >= 0.3 is 0 Å². The lowest BCUT2D eigenvalue weighted by Crippen LogP contribution is -2.52. The molecule has 1 saturated heterocycles. The van der Waals surface area contributed by atoms with E-state index in [4.69, 9.17) is 10.1 Å². The molecule has 5 nitrogen and oxygen atoms in total. The molecule has 0 spiro atoms. The quantitative estimate of drug-likeness (QED) is 0.779. The van der Waals surface area contributed by atoms with Crippen LogP contribution >= 0.6 is 15.9 Å². The Labute approximate surface area is 140 Å². The van der Waals surface area contributed by atoms with Crippen LogP contribution in [0.3, 0.4) is 0 Å². The summed E-state index contributed by atoms with van der Waals surface area (Å²) in [5.74, 6) is 0.963. The predicted molar refractivity (Wildman–Crippen MR) is 94.7 cm³/mol. The number of aliphatic imine (C=N–C) groups is 1. The fourth-order valence-corrected chi connectivity index (χ4v) is 3.23. The number of hydrogen-bond donors (Lipinski definition) is 1. The highest BCUT2D eigenvalue weighted by Crippen LogP contribution is 2.37. The summed E-state index contributed by atoms with van der Waals surface area (Å²) >= 11 is 3.56. The van der Waals surface area contributed by atoms with Gasteiger partial charge in [-0.25, -0.2) is 10.0 Å². The summed E-state index contributed by atoms with van der Waals surface area (Å²) in [5, 5.41) is 10.2. The van der Waals surface area contributed by atoms with Crippen molar-refractivity contribution in [2.45, 2.75) is 26.8 Å². The number of fused-ring (bicyclic) bond motifs is 1. The first-order valence-electron chi connectivity index (χ1n) is 7.71. The van der Waals surface area contributed by atoms with Gasteiger partial charge in [0, 0.05) is 41.9 Å². The van der Waals surface area contributed by atoms with Gasteiger partial charge in [0.2, 0.25) is 5.96 Å². The average molecular weight is 364 g/mol. The maximum atomic E-state index is 4.91. The molecule has 1 atom stereocenters. The van der Waals surface area contributed by atoms with Gasteiger partial charge < -0.3 is 10.2 Å². The largest absolute Gasteiger partial charge is 0.338 e. The zero-order valence-corrected chi connectivity index (χ0v) is 14.9. The number of benzene rings is 1. The maximum Gasteiger partial charge on any atom is 0.223 e. The van der Waals surface area contributed by atoms with Crippen LogP contribution in [0.1, 0.15) is 32.4 Å². The maximum absolute atomic E-state index is 4.91. The van der Waals surface area contributed by atoms with Gasteiger partial charge in [0.05, 0.1) is 11.7 Å². The molecule has 0 amide bonds. The van der Waals surface area contributed by atoms with E-state index in [0.717, 1.165) is 48.0 Å². The van der Waals surface area contributed by atoms with Gasteiger partial charge in [-0.3, -0.25) is 0 Å². The van der Waals surface area contributed by atoms with Crippen LogP contribution in [0.2, 0.25) is 0 Å². The van der Waals surface area contributed by atoms with Crippen molar-refractivity contribution in [2.24, 2.45) is 10.1 Å². The molecule has 2 aliphatic heterocycles. The number of rotatable bonds is 1.